The van der Waals surface area contributed by atoms with E-state index in [1.54, 1.807) is 65.6 Å². The van der Waals surface area contributed by atoms with E-state index in [0.29, 0.717) is 57.2 Å². The van der Waals surface area contributed by atoms with Gasteiger partial charge in [0.1, 0.15) is 10.8 Å². The number of aliphatic hydroxyl groups is 2. The third-order valence-corrected chi connectivity index (χ3v) is 7.83. The van der Waals surface area contributed by atoms with Gasteiger partial charge in [-0.25, -0.2) is 4.98 Å². The fourth-order valence-corrected chi connectivity index (χ4v) is 5.66. The van der Waals surface area contributed by atoms with Crippen LogP contribution >= 0.6 is 11.3 Å². The number of hydrogen-bond acceptors (Lipinski definition) is 9. The minimum absolute atomic E-state index is 0.00644. The lowest BCUT2D eigenvalue weighted by atomic mass is 10.0. The third kappa shape index (κ3) is 6.03. The van der Waals surface area contributed by atoms with E-state index in [4.69, 9.17) is 4.74 Å². The Bertz CT molecular complexity index is 1510. The first-order chi connectivity index (χ1) is 19.5. The molecule has 1 atom stereocenters. The molecule has 204 valence electrons. The number of nitrogens with one attached hydrogen (secondary N) is 1. The first-order valence-corrected chi connectivity index (χ1v) is 13.7. The van der Waals surface area contributed by atoms with Gasteiger partial charge in [0.25, 0.3) is 5.91 Å². The number of Topliss-reactive ketones (excluding diaryl/α,β-unsaturated/α-hetero) is 1. The molecule has 0 saturated carbocycles. The summed E-state index contributed by atoms with van der Waals surface area (Å²) in [5.41, 5.74) is 3.47. The molecule has 9 nitrogen and oxygen atoms in total. The number of ether oxygens (including phenoxy) is 1. The fourth-order valence-electron chi connectivity index (χ4n) is 4.63. The SMILES string of the molecule is N#Cc1ccc(C(Oc2ccc(C(=O)N3CCNCC3)cc2)C(=O)Cc2nc3cc(CO)c(CO)cc3s2)cc1. The summed E-state index contributed by atoms with van der Waals surface area (Å²) in [6.45, 7) is 2.42. The average molecular weight is 557 g/mol. The van der Waals surface area contributed by atoms with Crippen molar-refractivity contribution in [2.45, 2.75) is 25.7 Å². The Kier molecular flexibility index (Phi) is 8.48. The van der Waals surface area contributed by atoms with E-state index in [1.807, 2.05) is 0 Å². The Morgan fingerprint density at radius 1 is 1.02 bits per heavy atom. The molecule has 0 spiro atoms. The molecule has 1 unspecified atom stereocenters. The molecule has 0 bridgehead atoms. The quantitative estimate of drug-likeness (QED) is 0.286. The number of ketones is 1. The molecular weight excluding hydrogens is 528 g/mol. The molecule has 4 aromatic rings. The summed E-state index contributed by atoms with van der Waals surface area (Å²) in [5, 5.41) is 32.2. The van der Waals surface area contributed by atoms with Crippen molar-refractivity contribution in [1.29, 1.82) is 5.26 Å². The summed E-state index contributed by atoms with van der Waals surface area (Å²) in [5.74, 6) is 0.163. The Labute approximate surface area is 235 Å². The number of thiazole rings is 1. The number of aliphatic hydroxyl groups excluding tert-OH is 2. The second-order valence-corrected chi connectivity index (χ2v) is 10.6. The molecule has 3 aromatic carbocycles. The Balaban J connectivity index is 1.38. The first kappa shape index (κ1) is 27.4. The molecule has 3 N–H and O–H groups in total. The molecule has 5 rings (SSSR count). The first-order valence-electron chi connectivity index (χ1n) is 12.9. The van der Waals surface area contributed by atoms with E-state index in [0.717, 1.165) is 17.8 Å². The van der Waals surface area contributed by atoms with Gasteiger partial charge in [-0.15, -0.1) is 11.3 Å². The number of carbonyl (C=O) groups is 2. The molecule has 0 radical (unpaired) electrons. The maximum Gasteiger partial charge on any atom is 0.253 e. The van der Waals surface area contributed by atoms with Crippen LogP contribution in [0.1, 0.15) is 43.7 Å². The molecular formula is C30H28N4O5S. The maximum atomic E-state index is 13.6. The Morgan fingerprint density at radius 3 is 2.35 bits per heavy atom. The summed E-state index contributed by atoms with van der Waals surface area (Å²) in [6.07, 6.45) is -0.956. The average Bonchev–Trinajstić information content (AvgIpc) is 3.40. The zero-order chi connectivity index (χ0) is 28.1. The van der Waals surface area contributed by atoms with Crippen molar-refractivity contribution in [2.75, 3.05) is 26.2 Å². The van der Waals surface area contributed by atoms with Crippen LogP contribution in [-0.2, 0) is 24.4 Å². The number of fused-ring (bicyclic) bond motifs is 1. The molecule has 10 heteroatoms. The van der Waals surface area contributed by atoms with Crippen molar-refractivity contribution in [1.82, 2.24) is 15.2 Å². The third-order valence-electron chi connectivity index (χ3n) is 6.81. The number of nitriles is 1. The molecule has 1 amide bonds. The van der Waals surface area contributed by atoms with Crippen molar-refractivity contribution in [3.05, 3.63) is 93.5 Å². The van der Waals surface area contributed by atoms with Gasteiger partial charge in [0.2, 0.25) is 0 Å². The smallest absolute Gasteiger partial charge is 0.253 e. The van der Waals surface area contributed by atoms with Crippen LogP contribution in [0.25, 0.3) is 10.2 Å². The van der Waals surface area contributed by atoms with Gasteiger partial charge in [-0.05, 0) is 65.2 Å². The second-order valence-electron chi connectivity index (χ2n) is 9.45. The van der Waals surface area contributed by atoms with Gasteiger partial charge in [0.15, 0.2) is 11.9 Å². The van der Waals surface area contributed by atoms with Crippen molar-refractivity contribution in [3.63, 3.8) is 0 Å². The number of aromatic nitrogens is 1. The van der Waals surface area contributed by atoms with Gasteiger partial charge in [0, 0.05) is 31.7 Å². The number of hydrogen-bond donors (Lipinski definition) is 3. The van der Waals surface area contributed by atoms with Crippen LogP contribution in [0.5, 0.6) is 5.75 Å². The zero-order valence-corrected chi connectivity index (χ0v) is 22.5. The highest BCUT2D eigenvalue weighted by Gasteiger charge is 2.25. The number of piperazine rings is 1. The highest BCUT2D eigenvalue weighted by molar-refractivity contribution is 7.18. The molecule has 1 aromatic heterocycles. The number of amides is 1. The number of carbonyl (C=O) groups excluding carboxylic acids is 2. The number of benzene rings is 3. The van der Waals surface area contributed by atoms with E-state index < -0.39 is 6.10 Å². The lowest BCUT2D eigenvalue weighted by Crippen LogP contribution is -2.46. The van der Waals surface area contributed by atoms with Crippen molar-refractivity contribution < 1.29 is 24.5 Å². The van der Waals surface area contributed by atoms with Crippen LogP contribution in [0.15, 0.2) is 60.7 Å². The number of rotatable bonds is 9. The van der Waals surface area contributed by atoms with Gasteiger partial charge in [-0.3, -0.25) is 9.59 Å². The zero-order valence-electron chi connectivity index (χ0n) is 21.7. The molecule has 1 aliphatic rings. The molecule has 1 aliphatic heterocycles. The Morgan fingerprint density at radius 2 is 1.70 bits per heavy atom. The second kappa shape index (κ2) is 12.4. The normalized spacial score (nSPS) is 14.1. The predicted octanol–water partition coefficient (Wildman–Crippen LogP) is 3.13. The van der Waals surface area contributed by atoms with Crippen molar-refractivity contribution >= 4 is 33.2 Å². The lowest BCUT2D eigenvalue weighted by Gasteiger charge is -2.27. The predicted molar refractivity (Wildman–Crippen MR) is 150 cm³/mol. The van der Waals surface area contributed by atoms with Crippen molar-refractivity contribution in [2.24, 2.45) is 0 Å². The van der Waals surface area contributed by atoms with Crippen LogP contribution in [0.3, 0.4) is 0 Å². The standard InChI is InChI=1S/C30H28N4O5S/c31-16-19-1-3-20(4-2-19)29(39-24-7-5-21(6-8-24)30(38)34-11-9-32-10-12-34)26(37)15-28-33-25-13-22(17-35)23(18-36)14-27(25)40-28/h1-8,13-14,29,32,35-36H,9-12,15,17-18H2. The summed E-state index contributed by atoms with van der Waals surface area (Å²) >= 11 is 1.35. The van der Waals surface area contributed by atoms with E-state index in [-0.39, 0.29) is 31.3 Å². The summed E-state index contributed by atoms with van der Waals surface area (Å²) in [6, 6.07) is 19.0. The van der Waals surface area contributed by atoms with Gasteiger partial charge >= 0.3 is 0 Å². The van der Waals surface area contributed by atoms with Crippen LogP contribution in [0.4, 0.5) is 0 Å². The summed E-state index contributed by atoms with van der Waals surface area (Å²) < 4.78 is 6.99. The minimum atomic E-state index is -0.963. The van der Waals surface area contributed by atoms with Crippen LogP contribution in [0, 0.1) is 11.3 Å². The van der Waals surface area contributed by atoms with Gasteiger partial charge in [-0.1, -0.05) is 12.1 Å². The highest BCUT2D eigenvalue weighted by Crippen LogP contribution is 2.30. The lowest BCUT2D eigenvalue weighted by molar-refractivity contribution is -0.125. The summed E-state index contributed by atoms with van der Waals surface area (Å²) in [7, 11) is 0. The van der Waals surface area contributed by atoms with E-state index in [1.165, 1.54) is 11.3 Å². The summed E-state index contributed by atoms with van der Waals surface area (Å²) in [4.78, 5) is 32.8. The molecule has 40 heavy (non-hydrogen) atoms. The van der Waals surface area contributed by atoms with Crippen LogP contribution in [0.2, 0.25) is 0 Å². The van der Waals surface area contributed by atoms with Crippen LogP contribution < -0.4 is 10.1 Å². The molecule has 1 saturated heterocycles. The van der Waals surface area contributed by atoms with E-state index in [2.05, 4.69) is 16.4 Å². The van der Waals surface area contributed by atoms with Gasteiger partial charge in [0.05, 0.1) is 41.5 Å². The molecule has 1 fully saturated rings. The topological polar surface area (TPSA) is 136 Å². The highest BCUT2D eigenvalue weighted by atomic mass is 32.1. The Hall–Kier alpha value is -4.14. The van der Waals surface area contributed by atoms with Crippen LogP contribution in [-0.4, -0.2) is 58.0 Å². The largest absolute Gasteiger partial charge is 0.478 e. The maximum absolute atomic E-state index is 13.6. The van der Waals surface area contributed by atoms with Gasteiger partial charge in [-0.2, -0.15) is 5.26 Å². The number of nitrogens with zero attached hydrogens (tertiary/aromatic N) is 3. The van der Waals surface area contributed by atoms with Crippen molar-refractivity contribution in [3.8, 4) is 11.8 Å². The fraction of sp³-hybridized carbons (Fsp3) is 0.267. The monoisotopic (exact) mass is 556 g/mol. The molecule has 0 aliphatic carbocycles. The molecule has 2 heterocycles. The van der Waals surface area contributed by atoms with Gasteiger partial charge < -0.3 is 25.2 Å². The minimum Gasteiger partial charge on any atom is -0.478 e. The van der Waals surface area contributed by atoms with E-state index in [9.17, 15) is 25.1 Å². The van der Waals surface area contributed by atoms with E-state index >= 15 is 0 Å².